The van der Waals surface area contributed by atoms with Crippen LogP contribution < -0.4 is 0 Å². The molecule has 2 aromatic carbocycles. The van der Waals surface area contributed by atoms with E-state index in [1.165, 1.54) is 6.07 Å². The maximum atomic E-state index is 12.9. The molecule has 0 aliphatic heterocycles. The van der Waals surface area contributed by atoms with Crippen molar-refractivity contribution in [2.24, 2.45) is 5.92 Å². The lowest BCUT2D eigenvalue weighted by Crippen LogP contribution is -2.14. The van der Waals surface area contributed by atoms with Crippen LogP contribution in [0.3, 0.4) is 0 Å². The summed E-state index contributed by atoms with van der Waals surface area (Å²) in [6.07, 6.45) is 0. The molecule has 3 heteroatoms. The fraction of sp³-hybridized carbons (Fsp3) is 0.263. The number of aromatic carboxylic acids is 1. The summed E-state index contributed by atoms with van der Waals surface area (Å²) in [7, 11) is 0. The van der Waals surface area contributed by atoms with E-state index in [9.17, 15) is 14.7 Å². The number of carbonyl (C=O) groups excluding carboxylic acids is 1. The summed E-state index contributed by atoms with van der Waals surface area (Å²) in [6.45, 7) is 6.30. The van der Waals surface area contributed by atoms with E-state index in [1.54, 1.807) is 24.3 Å². The molecule has 0 radical (unpaired) electrons. The van der Waals surface area contributed by atoms with Crippen LogP contribution in [-0.2, 0) is 0 Å². The first-order valence-corrected chi connectivity index (χ1v) is 7.39. The van der Waals surface area contributed by atoms with Crippen molar-refractivity contribution in [3.05, 3.63) is 70.8 Å². The molecule has 0 saturated carbocycles. The lowest BCUT2D eigenvalue weighted by atomic mass is 9.84. The van der Waals surface area contributed by atoms with Crippen LogP contribution in [0.15, 0.2) is 48.5 Å². The largest absolute Gasteiger partial charge is 0.478 e. The topological polar surface area (TPSA) is 54.4 Å². The van der Waals surface area contributed by atoms with E-state index in [2.05, 4.69) is 20.8 Å². The van der Waals surface area contributed by atoms with E-state index in [4.69, 9.17) is 0 Å². The second-order valence-electron chi connectivity index (χ2n) is 5.80. The molecule has 114 valence electrons. The van der Waals surface area contributed by atoms with Gasteiger partial charge >= 0.3 is 5.97 Å². The summed E-state index contributed by atoms with van der Waals surface area (Å²) in [5.74, 6) is -0.708. The van der Waals surface area contributed by atoms with Crippen LogP contribution in [0.2, 0.25) is 0 Å². The first kappa shape index (κ1) is 16.0. The molecule has 1 atom stereocenters. The predicted octanol–water partition coefficient (Wildman–Crippen LogP) is 4.38. The maximum absolute atomic E-state index is 12.9. The van der Waals surface area contributed by atoms with E-state index < -0.39 is 5.97 Å². The number of carboxylic acids is 1. The van der Waals surface area contributed by atoms with Gasteiger partial charge in [-0.1, -0.05) is 63.2 Å². The fourth-order valence-electron chi connectivity index (χ4n) is 2.47. The van der Waals surface area contributed by atoms with E-state index >= 15 is 0 Å². The van der Waals surface area contributed by atoms with Gasteiger partial charge in [-0.15, -0.1) is 0 Å². The zero-order valence-electron chi connectivity index (χ0n) is 13.0. The molecular formula is C19H20O3. The predicted molar refractivity (Wildman–Crippen MR) is 86.5 cm³/mol. The van der Waals surface area contributed by atoms with Gasteiger partial charge in [0.15, 0.2) is 5.78 Å². The monoisotopic (exact) mass is 296 g/mol. The van der Waals surface area contributed by atoms with Crippen molar-refractivity contribution in [3.8, 4) is 0 Å². The molecule has 0 bridgehead atoms. The zero-order chi connectivity index (χ0) is 16.3. The number of rotatable bonds is 5. The highest BCUT2D eigenvalue weighted by molar-refractivity contribution is 6.14. The van der Waals surface area contributed by atoms with E-state index in [1.807, 2.05) is 18.2 Å². The summed E-state index contributed by atoms with van der Waals surface area (Å²) in [5, 5.41) is 9.28. The summed E-state index contributed by atoms with van der Waals surface area (Å²) >= 11 is 0. The Morgan fingerprint density at radius 3 is 1.86 bits per heavy atom. The molecule has 3 nitrogen and oxygen atoms in total. The van der Waals surface area contributed by atoms with Gasteiger partial charge < -0.3 is 5.11 Å². The third-order valence-corrected chi connectivity index (χ3v) is 4.10. The lowest BCUT2D eigenvalue weighted by molar-refractivity contribution is 0.0692. The van der Waals surface area contributed by atoms with Crippen molar-refractivity contribution >= 4 is 11.8 Å². The van der Waals surface area contributed by atoms with E-state index in [-0.39, 0.29) is 22.8 Å². The second kappa shape index (κ2) is 6.56. The number of carbonyl (C=O) groups is 2. The third-order valence-electron chi connectivity index (χ3n) is 4.10. The van der Waals surface area contributed by atoms with Gasteiger partial charge in [0.25, 0.3) is 0 Å². The molecule has 0 aliphatic rings. The first-order chi connectivity index (χ1) is 10.4. The van der Waals surface area contributed by atoms with E-state index in [0.29, 0.717) is 11.5 Å². The van der Waals surface area contributed by atoms with Crippen LogP contribution >= 0.6 is 0 Å². The van der Waals surface area contributed by atoms with Crippen molar-refractivity contribution in [2.75, 3.05) is 0 Å². The molecule has 2 rings (SSSR count). The van der Waals surface area contributed by atoms with Crippen molar-refractivity contribution in [2.45, 2.75) is 26.7 Å². The van der Waals surface area contributed by atoms with Gasteiger partial charge in [0, 0.05) is 11.1 Å². The lowest BCUT2D eigenvalue weighted by Gasteiger charge is -2.19. The Bertz CT molecular complexity index is 701. The molecule has 0 spiro atoms. The van der Waals surface area contributed by atoms with Crippen LogP contribution in [0.1, 0.15) is 58.5 Å². The van der Waals surface area contributed by atoms with Crippen LogP contribution in [0.25, 0.3) is 0 Å². The van der Waals surface area contributed by atoms with Crippen molar-refractivity contribution in [1.29, 1.82) is 0 Å². The number of hydrogen-bond acceptors (Lipinski definition) is 2. The SMILES string of the molecule is CC(C)C(C)c1ccccc1C(=O)c1ccccc1C(=O)O. The molecule has 0 amide bonds. The smallest absolute Gasteiger partial charge is 0.336 e. The van der Waals surface area contributed by atoms with Gasteiger partial charge in [0.05, 0.1) is 5.56 Å². The van der Waals surface area contributed by atoms with Gasteiger partial charge in [-0.25, -0.2) is 4.79 Å². The minimum absolute atomic E-state index is 0.0412. The average molecular weight is 296 g/mol. The van der Waals surface area contributed by atoms with Crippen LogP contribution in [0.4, 0.5) is 0 Å². The molecule has 1 unspecified atom stereocenters. The van der Waals surface area contributed by atoms with Gasteiger partial charge in [0.1, 0.15) is 0 Å². The van der Waals surface area contributed by atoms with Gasteiger partial charge in [0.2, 0.25) is 0 Å². The fourth-order valence-corrected chi connectivity index (χ4v) is 2.47. The quantitative estimate of drug-likeness (QED) is 0.833. The van der Waals surface area contributed by atoms with Gasteiger partial charge in [-0.05, 0) is 23.5 Å². The highest BCUT2D eigenvalue weighted by Crippen LogP contribution is 2.28. The van der Waals surface area contributed by atoms with Crippen LogP contribution in [-0.4, -0.2) is 16.9 Å². The van der Waals surface area contributed by atoms with E-state index in [0.717, 1.165) is 5.56 Å². The van der Waals surface area contributed by atoms with Crippen LogP contribution in [0, 0.1) is 5.92 Å². The number of benzene rings is 2. The summed E-state index contributed by atoms with van der Waals surface area (Å²) < 4.78 is 0. The molecular weight excluding hydrogens is 276 g/mol. The normalized spacial score (nSPS) is 12.2. The molecule has 0 aromatic heterocycles. The van der Waals surface area contributed by atoms with Crippen molar-refractivity contribution < 1.29 is 14.7 Å². The molecule has 22 heavy (non-hydrogen) atoms. The number of hydrogen-bond donors (Lipinski definition) is 1. The molecule has 0 fully saturated rings. The van der Waals surface area contributed by atoms with Crippen molar-refractivity contribution in [3.63, 3.8) is 0 Å². The highest BCUT2D eigenvalue weighted by Gasteiger charge is 2.22. The first-order valence-electron chi connectivity index (χ1n) is 7.39. The molecule has 0 saturated heterocycles. The molecule has 1 N–H and O–H groups in total. The summed E-state index contributed by atoms with van der Waals surface area (Å²) in [5.41, 5.74) is 1.82. The van der Waals surface area contributed by atoms with Crippen molar-refractivity contribution in [1.82, 2.24) is 0 Å². The Kier molecular flexibility index (Phi) is 4.76. The molecule has 2 aromatic rings. The Hall–Kier alpha value is -2.42. The minimum atomic E-state index is -1.08. The molecule has 0 aliphatic carbocycles. The zero-order valence-corrected chi connectivity index (χ0v) is 13.0. The number of ketones is 1. The Balaban J connectivity index is 2.54. The summed E-state index contributed by atoms with van der Waals surface area (Å²) in [6, 6.07) is 13.8. The third kappa shape index (κ3) is 3.08. The highest BCUT2D eigenvalue weighted by atomic mass is 16.4. The maximum Gasteiger partial charge on any atom is 0.336 e. The average Bonchev–Trinajstić information content (AvgIpc) is 2.53. The van der Waals surface area contributed by atoms with Gasteiger partial charge in [-0.2, -0.15) is 0 Å². The minimum Gasteiger partial charge on any atom is -0.478 e. The van der Waals surface area contributed by atoms with Gasteiger partial charge in [-0.3, -0.25) is 4.79 Å². The summed E-state index contributed by atoms with van der Waals surface area (Å²) in [4.78, 5) is 24.2. The van der Waals surface area contributed by atoms with Crippen LogP contribution in [0.5, 0.6) is 0 Å². The second-order valence-corrected chi connectivity index (χ2v) is 5.80. The Morgan fingerprint density at radius 2 is 1.32 bits per heavy atom. The molecule has 0 heterocycles. The number of carboxylic acid groups (broad SMARTS) is 1. The standard InChI is InChI=1S/C19H20O3/c1-12(2)13(3)14-8-4-5-9-15(14)18(20)16-10-6-7-11-17(16)19(21)22/h4-13H,1-3H3,(H,21,22). The Morgan fingerprint density at radius 1 is 0.818 bits per heavy atom. The Labute approximate surface area is 130 Å².